The van der Waals surface area contributed by atoms with Crippen molar-refractivity contribution < 1.29 is 14.3 Å². The van der Waals surface area contributed by atoms with Gasteiger partial charge in [-0.25, -0.2) is 9.07 Å². The maximum Gasteiger partial charge on any atom is 0.276 e. The van der Waals surface area contributed by atoms with Gasteiger partial charge < -0.3 is 10.4 Å². The minimum absolute atomic E-state index is 0.225. The van der Waals surface area contributed by atoms with Gasteiger partial charge in [0.1, 0.15) is 11.6 Å². The second kappa shape index (κ2) is 9.51. The molecular weight excluding hydrogens is 465 g/mol. The standard InChI is InChI=1S/C31H34FN3O2/c1-19-8-10-20(11-9-19)27-18-26(34-35(27)23-14-12-21(32)13-15-23)29(37)33-22-16-24(30(2,3)4)28(36)25(17-22)31(5,6)7/h8-18,36H,1-7H3,(H,33,37). The van der Waals surface area contributed by atoms with E-state index in [0.29, 0.717) is 17.1 Å². The van der Waals surface area contributed by atoms with Gasteiger partial charge in [0.15, 0.2) is 5.69 Å². The quantitative estimate of drug-likeness (QED) is 0.285. The number of nitrogens with zero attached hydrogens (tertiary/aromatic N) is 2. The second-order valence-electron chi connectivity index (χ2n) is 11.5. The number of aromatic nitrogens is 2. The van der Waals surface area contributed by atoms with Gasteiger partial charge in [0.05, 0.1) is 11.4 Å². The van der Waals surface area contributed by atoms with Gasteiger partial charge in [0, 0.05) is 22.4 Å². The number of nitrogens with one attached hydrogen (secondary N) is 1. The van der Waals surface area contributed by atoms with Crippen LogP contribution in [0.3, 0.4) is 0 Å². The van der Waals surface area contributed by atoms with E-state index in [1.54, 1.807) is 22.9 Å². The number of hydrogen-bond acceptors (Lipinski definition) is 3. The molecule has 0 aliphatic rings. The molecule has 5 nitrogen and oxygen atoms in total. The Labute approximate surface area is 218 Å². The van der Waals surface area contributed by atoms with Crippen LogP contribution < -0.4 is 5.32 Å². The lowest BCUT2D eigenvalue weighted by Crippen LogP contribution is -2.19. The number of aryl methyl sites for hydroxylation is 1. The molecule has 1 amide bonds. The minimum Gasteiger partial charge on any atom is -0.507 e. The van der Waals surface area contributed by atoms with E-state index >= 15 is 0 Å². The van der Waals surface area contributed by atoms with Gasteiger partial charge in [-0.3, -0.25) is 4.79 Å². The average Bonchev–Trinajstić information content (AvgIpc) is 3.25. The Morgan fingerprint density at radius 1 is 0.865 bits per heavy atom. The van der Waals surface area contributed by atoms with E-state index < -0.39 is 0 Å². The molecule has 4 rings (SSSR count). The summed E-state index contributed by atoms with van der Waals surface area (Å²) in [5.41, 5.74) is 5.04. The summed E-state index contributed by atoms with van der Waals surface area (Å²) in [4.78, 5) is 13.4. The molecule has 0 saturated carbocycles. The molecule has 1 aromatic heterocycles. The lowest BCUT2D eigenvalue weighted by molar-refractivity contribution is 0.102. The molecule has 0 aliphatic heterocycles. The van der Waals surface area contributed by atoms with E-state index in [1.165, 1.54) is 12.1 Å². The summed E-state index contributed by atoms with van der Waals surface area (Å²) in [6, 6.07) is 19.3. The smallest absolute Gasteiger partial charge is 0.276 e. The van der Waals surface area contributed by atoms with Crippen LogP contribution in [-0.4, -0.2) is 20.8 Å². The number of amides is 1. The number of phenolic OH excluding ortho intramolecular Hbond substituents is 1. The van der Waals surface area contributed by atoms with Crippen molar-refractivity contribution >= 4 is 11.6 Å². The number of phenols is 1. The van der Waals surface area contributed by atoms with Crippen LogP contribution in [0.1, 0.15) is 68.7 Å². The molecule has 4 aromatic rings. The highest BCUT2D eigenvalue weighted by atomic mass is 19.1. The molecule has 3 aromatic carbocycles. The van der Waals surface area contributed by atoms with E-state index in [0.717, 1.165) is 22.3 Å². The van der Waals surface area contributed by atoms with Crippen LogP contribution in [0.25, 0.3) is 16.9 Å². The van der Waals surface area contributed by atoms with Crippen LogP contribution >= 0.6 is 0 Å². The van der Waals surface area contributed by atoms with Gasteiger partial charge in [-0.05, 0) is 60.2 Å². The summed E-state index contributed by atoms with van der Waals surface area (Å²) in [5.74, 6) is -0.470. The summed E-state index contributed by atoms with van der Waals surface area (Å²) in [7, 11) is 0. The highest BCUT2D eigenvalue weighted by molar-refractivity contribution is 6.03. The Bertz CT molecular complexity index is 1340. The van der Waals surface area contributed by atoms with E-state index in [4.69, 9.17) is 0 Å². The second-order valence-corrected chi connectivity index (χ2v) is 11.5. The largest absolute Gasteiger partial charge is 0.507 e. The van der Waals surface area contributed by atoms with Gasteiger partial charge in [-0.1, -0.05) is 71.4 Å². The lowest BCUT2D eigenvalue weighted by atomic mass is 9.79. The molecule has 0 atom stereocenters. The SMILES string of the molecule is Cc1ccc(-c2cc(C(=O)Nc3cc(C(C)(C)C)c(O)c(C(C)(C)C)c3)nn2-c2ccc(F)cc2)cc1. The lowest BCUT2D eigenvalue weighted by Gasteiger charge is -2.28. The summed E-state index contributed by atoms with van der Waals surface area (Å²) < 4.78 is 15.2. The van der Waals surface area contributed by atoms with E-state index in [1.807, 2.05) is 84.9 Å². The molecular formula is C31H34FN3O2. The Morgan fingerprint density at radius 2 is 1.41 bits per heavy atom. The predicted molar refractivity (Wildman–Crippen MR) is 147 cm³/mol. The van der Waals surface area contributed by atoms with Crippen molar-refractivity contribution in [2.24, 2.45) is 0 Å². The predicted octanol–water partition coefficient (Wildman–Crippen LogP) is 7.54. The third-order valence-corrected chi connectivity index (χ3v) is 6.34. The van der Waals surface area contributed by atoms with Crippen LogP contribution in [0.4, 0.5) is 10.1 Å². The molecule has 1 heterocycles. The topological polar surface area (TPSA) is 67.2 Å². The summed E-state index contributed by atoms with van der Waals surface area (Å²) >= 11 is 0. The summed E-state index contributed by atoms with van der Waals surface area (Å²) in [6.07, 6.45) is 0. The van der Waals surface area contributed by atoms with Gasteiger partial charge in [0.2, 0.25) is 0 Å². The first-order valence-corrected chi connectivity index (χ1v) is 12.4. The normalized spacial score (nSPS) is 12.0. The molecule has 0 radical (unpaired) electrons. The highest BCUT2D eigenvalue weighted by Gasteiger charge is 2.27. The number of carbonyl (C=O) groups is 1. The zero-order valence-electron chi connectivity index (χ0n) is 22.5. The Hall–Kier alpha value is -3.93. The fraction of sp³-hybridized carbons (Fsp3) is 0.290. The first-order chi connectivity index (χ1) is 17.2. The van der Waals surface area contributed by atoms with E-state index in [9.17, 15) is 14.3 Å². The summed E-state index contributed by atoms with van der Waals surface area (Å²) in [6.45, 7) is 14.2. The highest BCUT2D eigenvalue weighted by Crippen LogP contribution is 2.41. The van der Waals surface area contributed by atoms with Gasteiger partial charge in [-0.2, -0.15) is 5.10 Å². The fourth-order valence-corrected chi connectivity index (χ4v) is 4.25. The van der Waals surface area contributed by atoms with Crippen LogP contribution in [-0.2, 0) is 10.8 Å². The van der Waals surface area contributed by atoms with Crippen molar-refractivity contribution in [2.45, 2.75) is 59.3 Å². The zero-order chi connectivity index (χ0) is 27.1. The number of anilines is 1. The van der Waals surface area contributed by atoms with Gasteiger partial charge in [-0.15, -0.1) is 0 Å². The maximum atomic E-state index is 13.6. The number of carbonyl (C=O) groups excluding carboxylic acids is 1. The molecule has 0 unspecified atom stereocenters. The molecule has 2 N–H and O–H groups in total. The fourth-order valence-electron chi connectivity index (χ4n) is 4.25. The van der Waals surface area contributed by atoms with Crippen molar-refractivity contribution in [1.29, 1.82) is 0 Å². The zero-order valence-corrected chi connectivity index (χ0v) is 22.5. The molecule has 0 saturated heterocycles. The van der Waals surface area contributed by atoms with Crippen LogP contribution in [0, 0.1) is 12.7 Å². The Kier molecular flexibility index (Phi) is 6.72. The van der Waals surface area contributed by atoms with Crippen molar-refractivity contribution in [2.75, 3.05) is 5.32 Å². The van der Waals surface area contributed by atoms with Crippen molar-refractivity contribution in [3.63, 3.8) is 0 Å². The van der Waals surface area contributed by atoms with Crippen molar-refractivity contribution in [1.82, 2.24) is 9.78 Å². The monoisotopic (exact) mass is 499 g/mol. The minimum atomic E-state index is -0.375. The van der Waals surface area contributed by atoms with E-state index in [2.05, 4.69) is 10.4 Å². The third kappa shape index (κ3) is 5.58. The molecule has 0 aliphatic carbocycles. The average molecular weight is 500 g/mol. The molecule has 37 heavy (non-hydrogen) atoms. The number of aromatic hydroxyl groups is 1. The van der Waals surface area contributed by atoms with E-state index in [-0.39, 0.29) is 34.0 Å². The number of hydrogen-bond donors (Lipinski definition) is 2. The third-order valence-electron chi connectivity index (χ3n) is 6.34. The molecule has 0 bridgehead atoms. The Morgan fingerprint density at radius 3 is 1.92 bits per heavy atom. The van der Waals surface area contributed by atoms with Gasteiger partial charge in [0.25, 0.3) is 5.91 Å². The molecule has 0 fully saturated rings. The maximum absolute atomic E-state index is 13.6. The molecule has 6 heteroatoms. The molecule has 192 valence electrons. The van der Waals surface area contributed by atoms with Crippen LogP contribution in [0.15, 0.2) is 66.7 Å². The van der Waals surface area contributed by atoms with Gasteiger partial charge >= 0.3 is 0 Å². The summed E-state index contributed by atoms with van der Waals surface area (Å²) in [5, 5.41) is 18.6. The number of halogens is 1. The van der Waals surface area contributed by atoms with Crippen molar-refractivity contribution in [3.8, 4) is 22.7 Å². The first-order valence-electron chi connectivity index (χ1n) is 12.4. The Balaban J connectivity index is 1.78. The van der Waals surface area contributed by atoms with Crippen LogP contribution in [0.5, 0.6) is 5.75 Å². The van der Waals surface area contributed by atoms with Crippen molar-refractivity contribution in [3.05, 3.63) is 94.9 Å². The molecule has 0 spiro atoms. The number of benzene rings is 3. The van der Waals surface area contributed by atoms with Crippen LogP contribution in [0.2, 0.25) is 0 Å². The number of rotatable bonds is 4. The first kappa shape index (κ1) is 26.1.